The first-order chi connectivity index (χ1) is 5.38. The van der Waals surface area contributed by atoms with Crippen LogP contribution in [0.4, 0.5) is 11.4 Å². The molecule has 60 valence electrons. The van der Waals surface area contributed by atoms with Crippen molar-refractivity contribution >= 4 is 11.4 Å². The van der Waals surface area contributed by atoms with Gasteiger partial charge >= 0.3 is 5.69 Å². The summed E-state index contributed by atoms with van der Waals surface area (Å²) in [6, 6.07) is 6.49. The molecule has 1 rings (SSSR count). The Morgan fingerprint density at radius 3 is 2.58 bits per heavy atom. The number of halogens is 1. The van der Waals surface area contributed by atoms with Gasteiger partial charge in [0.15, 0.2) is 4.98 Å². The SMILES string of the molecule is N#[N+]c1ccccc1N=[N+]=[N-].[Cl-]. The molecule has 0 unspecified atom stereocenters. The molecule has 0 aliphatic rings. The van der Waals surface area contributed by atoms with Gasteiger partial charge in [-0.1, -0.05) is 17.2 Å². The number of azide groups is 1. The molecule has 0 bridgehead atoms. The van der Waals surface area contributed by atoms with Crippen LogP contribution in [-0.4, -0.2) is 0 Å². The first kappa shape index (κ1) is 10.2. The highest BCUT2D eigenvalue weighted by atomic mass is 35.5. The average molecular weight is 182 g/mol. The van der Waals surface area contributed by atoms with Gasteiger partial charge in [-0.25, -0.2) is 0 Å². The van der Waals surface area contributed by atoms with Gasteiger partial charge in [0.1, 0.15) is 5.69 Å². The van der Waals surface area contributed by atoms with Crippen LogP contribution in [0.15, 0.2) is 29.4 Å². The maximum absolute atomic E-state index is 8.39. The number of diazo groups is 1. The summed E-state index contributed by atoms with van der Waals surface area (Å²) in [5, 5.41) is 11.7. The monoisotopic (exact) mass is 181 g/mol. The maximum atomic E-state index is 8.39. The largest absolute Gasteiger partial charge is 1.00 e. The summed E-state index contributed by atoms with van der Waals surface area (Å²) in [5.74, 6) is 0. The van der Waals surface area contributed by atoms with Crippen molar-refractivity contribution in [2.45, 2.75) is 0 Å². The van der Waals surface area contributed by atoms with E-state index in [2.05, 4.69) is 15.0 Å². The number of benzene rings is 1. The highest BCUT2D eigenvalue weighted by Gasteiger charge is 2.08. The molecule has 0 aliphatic heterocycles. The van der Waals surface area contributed by atoms with E-state index in [9.17, 15) is 0 Å². The Balaban J connectivity index is 0.00000121. The average Bonchev–Trinajstić information content (AvgIpc) is 2.06. The molecule has 0 saturated heterocycles. The van der Waals surface area contributed by atoms with E-state index < -0.39 is 0 Å². The molecule has 6 heteroatoms. The standard InChI is InChI=1S/C6H4N5.ClH/c7-9-5-3-1-2-4-6(5)10-11-8;/h1-4H;1H/q+1;/p-1. The summed E-state index contributed by atoms with van der Waals surface area (Å²) in [6.45, 7) is 0. The zero-order chi connectivity index (χ0) is 8.10. The number of hydrogen-bond donors (Lipinski definition) is 0. The molecule has 0 spiro atoms. The molecule has 1 aromatic carbocycles. The van der Waals surface area contributed by atoms with Crippen LogP contribution in [0, 0.1) is 5.39 Å². The lowest BCUT2D eigenvalue weighted by atomic mass is 10.3. The van der Waals surface area contributed by atoms with Gasteiger partial charge in [0.2, 0.25) is 5.39 Å². The molecule has 0 aromatic heterocycles. The summed E-state index contributed by atoms with van der Waals surface area (Å²) in [7, 11) is 0. The molecular formula is C6H4ClN5. The lowest BCUT2D eigenvalue weighted by Crippen LogP contribution is -3.00. The van der Waals surface area contributed by atoms with Gasteiger partial charge < -0.3 is 12.4 Å². The fourth-order valence-electron chi connectivity index (χ4n) is 0.681. The van der Waals surface area contributed by atoms with Crippen molar-refractivity contribution < 1.29 is 12.4 Å². The van der Waals surface area contributed by atoms with Crippen LogP contribution in [0.5, 0.6) is 0 Å². The van der Waals surface area contributed by atoms with E-state index in [0.29, 0.717) is 5.69 Å². The summed E-state index contributed by atoms with van der Waals surface area (Å²) in [5.41, 5.74) is 8.66. The molecule has 0 atom stereocenters. The van der Waals surface area contributed by atoms with Gasteiger partial charge in [0.25, 0.3) is 0 Å². The van der Waals surface area contributed by atoms with Gasteiger partial charge in [-0.15, -0.1) is 0 Å². The van der Waals surface area contributed by atoms with Gasteiger partial charge in [-0.05, 0) is 11.6 Å². The van der Waals surface area contributed by atoms with Crippen LogP contribution in [0.3, 0.4) is 0 Å². The maximum Gasteiger partial charge on any atom is 0.394 e. The van der Waals surface area contributed by atoms with Crippen molar-refractivity contribution in [2.75, 3.05) is 0 Å². The summed E-state index contributed by atoms with van der Waals surface area (Å²) >= 11 is 0. The smallest absolute Gasteiger partial charge is 0.394 e. The van der Waals surface area contributed by atoms with E-state index >= 15 is 0 Å². The lowest BCUT2D eigenvalue weighted by molar-refractivity contribution is -0.00000252. The Hall–Kier alpha value is -1.76. The molecule has 0 N–H and O–H groups in total. The quantitative estimate of drug-likeness (QED) is 0.262. The van der Waals surface area contributed by atoms with Gasteiger partial charge in [0, 0.05) is 11.0 Å². The minimum Gasteiger partial charge on any atom is -1.00 e. The first-order valence-electron chi connectivity index (χ1n) is 2.87. The van der Waals surface area contributed by atoms with Crippen LogP contribution in [0.2, 0.25) is 0 Å². The van der Waals surface area contributed by atoms with Crippen LogP contribution < -0.4 is 12.4 Å². The van der Waals surface area contributed by atoms with E-state index in [1.165, 1.54) is 0 Å². The Morgan fingerprint density at radius 2 is 2.00 bits per heavy atom. The first-order valence-corrected chi connectivity index (χ1v) is 2.87. The van der Waals surface area contributed by atoms with E-state index in [1.54, 1.807) is 24.3 Å². The fourth-order valence-corrected chi connectivity index (χ4v) is 0.681. The molecule has 0 aliphatic carbocycles. The third-order valence-corrected chi connectivity index (χ3v) is 1.14. The molecule has 0 amide bonds. The third-order valence-electron chi connectivity index (χ3n) is 1.14. The van der Waals surface area contributed by atoms with E-state index in [4.69, 9.17) is 10.9 Å². The summed E-state index contributed by atoms with van der Waals surface area (Å²) < 4.78 is 0. The number of hydrogen-bond acceptors (Lipinski definition) is 2. The van der Waals surface area contributed by atoms with Gasteiger partial charge in [-0.3, -0.25) is 0 Å². The molecule has 5 nitrogen and oxygen atoms in total. The van der Waals surface area contributed by atoms with Crippen molar-refractivity contribution in [1.29, 1.82) is 5.39 Å². The van der Waals surface area contributed by atoms with Gasteiger partial charge in [0.05, 0.1) is 0 Å². The highest BCUT2D eigenvalue weighted by molar-refractivity contribution is 5.65. The third kappa shape index (κ3) is 2.13. The van der Waals surface area contributed by atoms with Crippen molar-refractivity contribution in [3.05, 3.63) is 39.7 Å². The predicted octanol–water partition coefficient (Wildman–Crippen LogP) is 0.117. The summed E-state index contributed by atoms with van der Waals surface area (Å²) in [6.07, 6.45) is 0. The van der Waals surface area contributed by atoms with Gasteiger partial charge in [-0.2, -0.15) is 0 Å². The minimum absolute atomic E-state index is 0. The Bertz CT molecular complexity index is 349. The second-order valence-electron chi connectivity index (χ2n) is 1.78. The zero-order valence-corrected chi connectivity index (χ0v) is 6.68. The van der Waals surface area contributed by atoms with Crippen LogP contribution in [0.1, 0.15) is 0 Å². The lowest BCUT2D eigenvalue weighted by Gasteiger charge is -1.81. The molecule has 0 saturated carbocycles. The van der Waals surface area contributed by atoms with Crippen LogP contribution in [0.25, 0.3) is 15.4 Å². The fraction of sp³-hybridized carbons (Fsp3) is 0. The second kappa shape index (κ2) is 4.97. The van der Waals surface area contributed by atoms with Crippen LogP contribution >= 0.6 is 0 Å². The van der Waals surface area contributed by atoms with Crippen molar-refractivity contribution in [3.8, 4) is 0 Å². The number of rotatable bonds is 1. The predicted molar refractivity (Wildman–Crippen MR) is 40.0 cm³/mol. The molecule has 1 aromatic rings. The van der Waals surface area contributed by atoms with E-state index in [-0.39, 0.29) is 18.1 Å². The van der Waals surface area contributed by atoms with Crippen molar-refractivity contribution in [3.63, 3.8) is 0 Å². The van der Waals surface area contributed by atoms with Crippen molar-refractivity contribution in [1.82, 2.24) is 0 Å². The summed E-state index contributed by atoms with van der Waals surface area (Å²) in [4.78, 5) is 5.49. The molecular weight excluding hydrogens is 178 g/mol. The van der Waals surface area contributed by atoms with E-state index in [0.717, 1.165) is 0 Å². The zero-order valence-electron chi connectivity index (χ0n) is 5.92. The second-order valence-corrected chi connectivity index (χ2v) is 1.78. The molecule has 0 heterocycles. The van der Waals surface area contributed by atoms with E-state index in [1.807, 2.05) is 0 Å². The Morgan fingerprint density at radius 1 is 1.33 bits per heavy atom. The Labute approximate surface area is 74.7 Å². The number of nitrogens with zero attached hydrogens (tertiary/aromatic N) is 5. The minimum atomic E-state index is 0. The topological polar surface area (TPSA) is 76.9 Å². The molecule has 0 radical (unpaired) electrons. The molecule has 0 fully saturated rings. The van der Waals surface area contributed by atoms with Crippen molar-refractivity contribution in [2.24, 2.45) is 5.11 Å². The van der Waals surface area contributed by atoms with Crippen LogP contribution in [-0.2, 0) is 0 Å². The highest BCUT2D eigenvalue weighted by Crippen LogP contribution is 2.26. The Kier molecular flexibility index (Phi) is 4.24. The normalized spacial score (nSPS) is 7.25. The molecule has 12 heavy (non-hydrogen) atoms.